The lowest BCUT2D eigenvalue weighted by Crippen LogP contribution is -2.33. The number of benzene rings is 2. The van der Waals surface area contributed by atoms with E-state index in [1.165, 1.54) is 16.0 Å². The van der Waals surface area contributed by atoms with Gasteiger partial charge in [0.05, 0.1) is 35.7 Å². The van der Waals surface area contributed by atoms with E-state index in [-0.39, 0.29) is 12.4 Å². The topological polar surface area (TPSA) is 102 Å². The molecule has 8 heteroatoms. The van der Waals surface area contributed by atoms with Gasteiger partial charge in [0.15, 0.2) is 0 Å². The molecule has 0 bridgehead atoms. The SMILES string of the molecule is CCCC(CC(=O)OCC)N(N=O)c1ccc(N)cc1NCc1cn(C)c2cccc(C)c12. The zero-order chi connectivity index (χ0) is 24.0. The molecule has 0 saturated heterocycles. The van der Waals surface area contributed by atoms with Crippen LogP contribution in [0.3, 0.4) is 0 Å². The molecule has 3 aromatic rings. The van der Waals surface area contributed by atoms with Gasteiger partial charge in [-0.1, -0.05) is 25.5 Å². The lowest BCUT2D eigenvalue weighted by molar-refractivity contribution is -0.143. The summed E-state index contributed by atoms with van der Waals surface area (Å²) in [6.07, 6.45) is 3.60. The van der Waals surface area contributed by atoms with Gasteiger partial charge in [0.2, 0.25) is 0 Å². The van der Waals surface area contributed by atoms with Gasteiger partial charge in [0.25, 0.3) is 0 Å². The number of carbonyl (C=O) groups excluding carboxylic acids is 1. The Bertz CT molecular complexity index is 1120. The molecule has 0 amide bonds. The van der Waals surface area contributed by atoms with E-state index in [1.807, 2.05) is 14.0 Å². The van der Waals surface area contributed by atoms with E-state index >= 15 is 0 Å². The van der Waals surface area contributed by atoms with Gasteiger partial charge in [-0.2, -0.15) is 0 Å². The number of nitroso groups, excluding NO2 is 1. The molecular weight excluding hydrogens is 418 g/mol. The first-order valence-corrected chi connectivity index (χ1v) is 11.3. The minimum Gasteiger partial charge on any atom is -0.466 e. The average Bonchev–Trinajstić information content (AvgIpc) is 3.11. The Kier molecular flexibility index (Phi) is 7.92. The number of fused-ring (bicyclic) bond motifs is 1. The Balaban J connectivity index is 1.92. The van der Waals surface area contributed by atoms with Gasteiger partial charge < -0.3 is 20.4 Å². The summed E-state index contributed by atoms with van der Waals surface area (Å²) >= 11 is 0. The predicted octanol–water partition coefficient (Wildman–Crippen LogP) is 5.29. The number of hydrogen-bond donors (Lipinski definition) is 2. The van der Waals surface area contributed by atoms with Crippen molar-refractivity contribution < 1.29 is 9.53 Å². The zero-order valence-electron chi connectivity index (χ0n) is 19.8. The number of aryl methyl sites for hydroxylation is 2. The van der Waals surface area contributed by atoms with Crippen LogP contribution < -0.4 is 16.1 Å². The highest BCUT2D eigenvalue weighted by atomic mass is 16.5. The van der Waals surface area contributed by atoms with Crippen molar-refractivity contribution >= 4 is 33.9 Å². The number of anilines is 3. The fraction of sp³-hybridized carbons (Fsp3) is 0.400. The molecule has 8 nitrogen and oxygen atoms in total. The van der Waals surface area contributed by atoms with Crippen LogP contribution in [0.25, 0.3) is 10.9 Å². The van der Waals surface area contributed by atoms with Crippen molar-refractivity contribution in [1.82, 2.24) is 4.57 Å². The van der Waals surface area contributed by atoms with E-state index in [0.29, 0.717) is 36.6 Å². The number of nitrogens with one attached hydrogen (secondary N) is 1. The molecule has 0 spiro atoms. The summed E-state index contributed by atoms with van der Waals surface area (Å²) in [5, 5.41) is 9.31. The Labute approximate surface area is 194 Å². The van der Waals surface area contributed by atoms with E-state index in [4.69, 9.17) is 10.5 Å². The fourth-order valence-electron chi connectivity index (χ4n) is 4.31. The van der Waals surface area contributed by atoms with Crippen LogP contribution in [0.1, 0.15) is 44.2 Å². The van der Waals surface area contributed by atoms with Crippen LogP contribution in [0.4, 0.5) is 17.1 Å². The smallest absolute Gasteiger partial charge is 0.307 e. The molecule has 2 aromatic carbocycles. The summed E-state index contributed by atoms with van der Waals surface area (Å²) in [6.45, 7) is 6.71. The maximum Gasteiger partial charge on any atom is 0.307 e. The highest BCUT2D eigenvalue weighted by Crippen LogP contribution is 2.33. The van der Waals surface area contributed by atoms with E-state index in [1.54, 1.807) is 25.1 Å². The largest absolute Gasteiger partial charge is 0.466 e. The van der Waals surface area contributed by atoms with Gasteiger partial charge in [-0.15, -0.1) is 4.91 Å². The second-order valence-electron chi connectivity index (χ2n) is 8.24. The second kappa shape index (κ2) is 10.8. The molecule has 1 unspecified atom stereocenters. The zero-order valence-corrected chi connectivity index (χ0v) is 19.8. The average molecular weight is 452 g/mol. The molecule has 3 rings (SSSR count). The summed E-state index contributed by atoms with van der Waals surface area (Å²) in [5.74, 6) is -0.346. The molecule has 0 aliphatic heterocycles. The van der Waals surface area contributed by atoms with Crippen molar-refractivity contribution in [2.75, 3.05) is 22.7 Å². The Morgan fingerprint density at radius 2 is 2.06 bits per heavy atom. The molecule has 33 heavy (non-hydrogen) atoms. The van der Waals surface area contributed by atoms with Crippen LogP contribution in [-0.2, 0) is 23.1 Å². The monoisotopic (exact) mass is 451 g/mol. The number of aromatic nitrogens is 1. The maximum atomic E-state index is 12.2. The molecule has 1 heterocycles. The minimum atomic E-state index is -0.407. The molecule has 0 saturated carbocycles. The minimum absolute atomic E-state index is 0.0831. The Morgan fingerprint density at radius 3 is 2.76 bits per heavy atom. The molecule has 1 atom stereocenters. The van der Waals surface area contributed by atoms with Crippen molar-refractivity contribution in [3.05, 3.63) is 58.6 Å². The number of esters is 1. The van der Waals surface area contributed by atoms with Crippen molar-refractivity contribution in [2.24, 2.45) is 12.3 Å². The number of nitrogens with zero attached hydrogens (tertiary/aromatic N) is 3. The number of rotatable bonds is 11. The molecule has 3 N–H and O–H groups in total. The predicted molar refractivity (Wildman–Crippen MR) is 134 cm³/mol. The third kappa shape index (κ3) is 5.45. The number of hydrogen-bond acceptors (Lipinski definition) is 6. The molecule has 1 aromatic heterocycles. The van der Waals surface area contributed by atoms with Crippen LogP contribution in [0.2, 0.25) is 0 Å². The maximum absolute atomic E-state index is 12.2. The summed E-state index contributed by atoms with van der Waals surface area (Å²) in [6, 6.07) is 11.1. The highest BCUT2D eigenvalue weighted by Gasteiger charge is 2.25. The first-order valence-electron chi connectivity index (χ1n) is 11.3. The first-order chi connectivity index (χ1) is 15.9. The van der Waals surface area contributed by atoms with Crippen molar-refractivity contribution in [1.29, 1.82) is 0 Å². The van der Waals surface area contributed by atoms with E-state index < -0.39 is 6.04 Å². The lowest BCUT2D eigenvalue weighted by Gasteiger charge is -2.27. The van der Waals surface area contributed by atoms with Gasteiger partial charge in [-0.25, -0.2) is 5.01 Å². The van der Waals surface area contributed by atoms with Crippen molar-refractivity contribution in [2.45, 2.75) is 52.6 Å². The third-order valence-electron chi connectivity index (χ3n) is 5.80. The van der Waals surface area contributed by atoms with Gasteiger partial charge in [-0.3, -0.25) is 4.79 Å². The summed E-state index contributed by atoms with van der Waals surface area (Å²) in [5.41, 5.74) is 11.4. The molecule has 176 valence electrons. The molecule has 0 aliphatic rings. The van der Waals surface area contributed by atoms with Gasteiger partial charge in [0.1, 0.15) is 0 Å². The second-order valence-corrected chi connectivity index (χ2v) is 8.24. The third-order valence-corrected chi connectivity index (χ3v) is 5.80. The van der Waals surface area contributed by atoms with Crippen LogP contribution in [0, 0.1) is 11.8 Å². The first kappa shape index (κ1) is 24.1. The number of carbonyl (C=O) groups is 1. The number of nitrogen functional groups attached to an aromatic ring is 1. The van der Waals surface area contributed by atoms with E-state index in [0.717, 1.165) is 17.5 Å². The summed E-state index contributed by atoms with van der Waals surface area (Å²) < 4.78 is 7.22. The molecule has 0 fully saturated rings. The van der Waals surface area contributed by atoms with Crippen LogP contribution in [-0.4, -0.2) is 23.2 Å². The summed E-state index contributed by atoms with van der Waals surface area (Å²) in [4.78, 5) is 24.1. The van der Waals surface area contributed by atoms with Crippen LogP contribution in [0.5, 0.6) is 0 Å². The van der Waals surface area contributed by atoms with E-state index in [9.17, 15) is 9.70 Å². The van der Waals surface area contributed by atoms with E-state index in [2.05, 4.69) is 46.5 Å². The quantitative estimate of drug-likeness (QED) is 0.178. The van der Waals surface area contributed by atoms with Gasteiger partial charge in [0, 0.05) is 36.4 Å². The van der Waals surface area contributed by atoms with Gasteiger partial charge in [-0.05, 0) is 55.7 Å². The molecule has 0 radical (unpaired) electrons. The number of ether oxygens (including phenoxy) is 1. The number of nitrogens with two attached hydrogens (primary N) is 1. The normalized spacial score (nSPS) is 11.9. The van der Waals surface area contributed by atoms with Crippen molar-refractivity contribution in [3.63, 3.8) is 0 Å². The van der Waals surface area contributed by atoms with Gasteiger partial charge >= 0.3 is 5.97 Å². The molecule has 0 aliphatic carbocycles. The van der Waals surface area contributed by atoms with Crippen LogP contribution in [0.15, 0.2) is 47.9 Å². The van der Waals surface area contributed by atoms with Crippen LogP contribution >= 0.6 is 0 Å². The Hall–Kier alpha value is -3.55. The Morgan fingerprint density at radius 1 is 1.27 bits per heavy atom. The standard InChI is InChI=1S/C25H33N5O3/c1-5-8-20(14-24(31)33-6-2)30(28-32)22-12-11-19(26)13-21(22)27-15-18-16-29(4)23-10-7-9-17(3)25(18)23/h7,9-13,16,20,27H,5-6,8,14-15,26H2,1-4H3. The molecular formula is C25H33N5O3. The fourth-order valence-corrected chi connectivity index (χ4v) is 4.31. The summed E-state index contributed by atoms with van der Waals surface area (Å²) in [7, 11) is 2.03. The van der Waals surface area contributed by atoms with Crippen molar-refractivity contribution in [3.8, 4) is 0 Å². The highest BCUT2D eigenvalue weighted by molar-refractivity contribution is 5.87. The lowest BCUT2D eigenvalue weighted by atomic mass is 10.1.